The maximum Gasteiger partial charge on any atom is 0.253 e. The van der Waals surface area contributed by atoms with E-state index < -0.39 is 5.54 Å². The van der Waals surface area contributed by atoms with Crippen molar-refractivity contribution in [3.63, 3.8) is 0 Å². The van der Waals surface area contributed by atoms with Gasteiger partial charge in [0.15, 0.2) is 0 Å². The third-order valence-corrected chi connectivity index (χ3v) is 4.79. The molecule has 0 spiro atoms. The lowest BCUT2D eigenvalue weighted by Crippen LogP contribution is -2.47. The van der Waals surface area contributed by atoms with Crippen LogP contribution in [0, 0.1) is 31.1 Å². The molecule has 1 N–H and O–H groups in total. The molecule has 1 saturated carbocycles. The van der Waals surface area contributed by atoms with Gasteiger partial charge in [-0.05, 0) is 45.6 Å². The number of aromatic nitrogens is 4. The Morgan fingerprint density at radius 3 is 2.91 bits per heavy atom. The molecule has 0 aliphatic heterocycles. The molecule has 0 saturated heterocycles. The summed E-state index contributed by atoms with van der Waals surface area (Å²) in [4.78, 5) is 20.7. The highest BCUT2D eigenvalue weighted by molar-refractivity contribution is 7.99. The van der Waals surface area contributed by atoms with Crippen LogP contribution in [0.2, 0.25) is 0 Å². The van der Waals surface area contributed by atoms with Gasteiger partial charge in [-0.15, -0.1) is 5.10 Å². The maximum absolute atomic E-state index is 12.1. The van der Waals surface area contributed by atoms with Crippen molar-refractivity contribution < 1.29 is 4.79 Å². The van der Waals surface area contributed by atoms with Crippen molar-refractivity contribution in [3.05, 3.63) is 17.5 Å². The number of nitriles is 1. The van der Waals surface area contributed by atoms with E-state index in [1.807, 2.05) is 19.9 Å². The molecule has 0 aromatic carbocycles. The highest BCUT2D eigenvalue weighted by Gasteiger charge is 2.42. The Morgan fingerprint density at radius 1 is 1.52 bits per heavy atom. The first-order chi connectivity index (χ1) is 10.9. The number of hydrogen-bond donors (Lipinski definition) is 1. The predicted molar refractivity (Wildman–Crippen MR) is 85.9 cm³/mol. The first-order valence-corrected chi connectivity index (χ1v) is 8.46. The third kappa shape index (κ3) is 3.29. The van der Waals surface area contributed by atoms with Crippen molar-refractivity contribution >= 4 is 23.4 Å². The zero-order chi connectivity index (χ0) is 16.6. The Hall–Kier alpha value is -2.14. The van der Waals surface area contributed by atoms with E-state index in [9.17, 15) is 10.1 Å². The molecule has 8 heteroatoms. The molecule has 0 unspecified atom stereocenters. The quantitative estimate of drug-likeness (QED) is 0.837. The molecule has 120 valence electrons. The van der Waals surface area contributed by atoms with Crippen molar-refractivity contribution in [1.29, 1.82) is 5.26 Å². The lowest BCUT2D eigenvalue weighted by atomic mass is 9.98. The molecule has 2 heterocycles. The highest BCUT2D eigenvalue weighted by atomic mass is 32.2. The monoisotopic (exact) mass is 330 g/mol. The van der Waals surface area contributed by atoms with Crippen molar-refractivity contribution in [2.24, 2.45) is 5.92 Å². The van der Waals surface area contributed by atoms with Crippen LogP contribution in [-0.4, -0.2) is 36.8 Å². The maximum atomic E-state index is 12.1. The number of carbonyl (C=O) groups excluding carboxylic acids is 1. The van der Waals surface area contributed by atoms with Crippen LogP contribution >= 0.6 is 11.8 Å². The molecule has 1 amide bonds. The van der Waals surface area contributed by atoms with Crippen LogP contribution in [-0.2, 0) is 4.79 Å². The molecular formula is C15H18N6OS. The zero-order valence-electron chi connectivity index (χ0n) is 13.3. The summed E-state index contributed by atoms with van der Waals surface area (Å²) in [6.45, 7) is 5.63. The Kier molecular flexibility index (Phi) is 3.98. The van der Waals surface area contributed by atoms with E-state index in [2.05, 4.69) is 26.5 Å². The number of rotatable bonds is 5. The molecule has 3 rings (SSSR count). The molecule has 1 aliphatic carbocycles. The molecule has 23 heavy (non-hydrogen) atoms. The van der Waals surface area contributed by atoms with E-state index in [-0.39, 0.29) is 17.6 Å². The summed E-state index contributed by atoms with van der Waals surface area (Å²) in [6.07, 6.45) is 1.99. The second-order valence-corrected chi connectivity index (χ2v) is 7.01. The van der Waals surface area contributed by atoms with Crippen molar-refractivity contribution in [2.45, 2.75) is 44.3 Å². The lowest BCUT2D eigenvalue weighted by Gasteiger charge is -2.22. The van der Waals surface area contributed by atoms with Crippen LogP contribution in [0.5, 0.6) is 0 Å². The van der Waals surface area contributed by atoms with Gasteiger partial charge in [-0.2, -0.15) is 10.2 Å². The molecule has 2 aromatic heterocycles. The van der Waals surface area contributed by atoms with Gasteiger partial charge >= 0.3 is 0 Å². The summed E-state index contributed by atoms with van der Waals surface area (Å²) in [6, 6.07) is 4.15. The van der Waals surface area contributed by atoms with E-state index in [1.165, 1.54) is 11.8 Å². The number of amides is 1. The largest absolute Gasteiger partial charge is 0.337 e. The van der Waals surface area contributed by atoms with Gasteiger partial charge in [-0.3, -0.25) is 4.79 Å². The predicted octanol–water partition coefficient (Wildman–Crippen LogP) is 1.64. The number of fused-ring (bicyclic) bond motifs is 1. The summed E-state index contributed by atoms with van der Waals surface area (Å²) in [5, 5.41) is 17.0. The molecular weight excluding hydrogens is 312 g/mol. The number of nitrogens with one attached hydrogen (secondary N) is 1. The van der Waals surface area contributed by atoms with Gasteiger partial charge in [-0.1, -0.05) is 11.8 Å². The van der Waals surface area contributed by atoms with Crippen molar-refractivity contribution in [2.75, 3.05) is 5.75 Å². The van der Waals surface area contributed by atoms with Gasteiger partial charge in [0.1, 0.15) is 5.54 Å². The standard InChI is InChI=1S/C15H18N6OS/c1-9-6-10(2)21-13(17-9)18-14(20-21)23-7-12(22)19-15(3,8-16)11-4-5-11/h6,11H,4-5,7H2,1-3H3,(H,19,22)/t15-/m1/s1. The molecule has 2 aromatic rings. The molecule has 0 radical (unpaired) electrons. The van der Waals surface area contributed by atoms with Gasteiger partial charge in [0, 0.05) is 11.4 Å². The number of hydrogen-bond acceptors (Lipinski definition) is 6. The number of carbonyl (C=O) groups is 1. The first kappa shape index (κ1) is 15.7. The van der Waals surface area contributed by atoms with Gasteiger partial charge < -0.3 is 5.32 Å². The van der Waals surface area contributed by atoms with E-state index in [0.29, 0.717) is 10.9 Å². The Morgan fingerprint density at radius 2 is 2.26 bits per heavy atom. The van der Waals surface area contributed by atoms with Gasteiger partial charge in [-0.25, -0.2) is 9.50 Å². The molecule has 1 aliphatic rings. The summed E-state index contributed by atoms with van der Waals surface area (Å²) in [5.74, 6) is 0.805. The minimum absolute atomic E-state index is 0.175. The van der Waals surface area contributed by atoms with Crippen LogP contribution < -0.4 is 5.32 Å². The number of nitrogens with zero attached hydrogens (tertiary/aromatic N) is 5. The second-order valence-electron chi connectivity index (χ2n) is 6.07. The summed E-state index contributed by atoms with van der Waals surface area (Å²) in [5.41, 5.74) is 1.06. The number of aryl methyl sites for hydroxylation is 2. The van der Waals surface area contributed by atoms with Crippen LogP contribution in [0.3, 0.4) is 0 Å². The van der Waals surface area contributed by atoms with Crippen molar-refractivity contribution in [1.82, 2.24) is 24.9 Å². The Balaban J connectivity index is 1.65. The zero-order valence-corrected chi connectivity index (χ0v) is 14.1. The fraction of sp³-hybridized carbons (Fsp3) is 0.533. The van der Waals surface area contributed by atoms with Gasteiger partial charge in [0.2, 0.25) is 11.1 Å². The third-order valence-electron chi connectivity index (χ3n) is 3.96. The molecule has 1 fully saturated rings. The topological polar surface area (TPSA) is 96.0 Å². The van der Waals surface area contributed by atoms with E-state index in [0.717, 1.165) is 24.2 Å². The minimum atomic E-state index is -0.765. The molecule has 7 nitrogen and oxygen atoms in total. The average molecular weight is 330 g/mol. The summed E-state index contributed by atoms with van der Waals surface area (Å²) >= 11 is 1.25. The van der Waals surface area contributed by atoms with E-state index >= 15 is 0 Å². The number of thioether (sulfide) groups is 1. The highest BCUT2D eigenvalue weighted by Crippen LogP contribution is 2.39. The second kappa shape index (κ2) is 5.81. The lowest BCUT2D eigenvalue weighted by molar-refractivity contribution is -0.119. The van der Waals surface area contributed by atoms with E-state index in [4.69, 9.17) is 0 Å². The summed E-state index contributed by atoms with van der Waals surface area (Å²) < 4.78 is 1.66. The van der Waals surface area contributed by atoms with Crippen LogP contribution in [0.25, 0.3) is 5.78 Å². The minimum Gasteiger partial charge on any atom is -0.337 e. The van der Waals surface area contributed by atoms with Crippen LogP contribution in [0.1, 0.15) is 31.2 Å². The Labute approximate surface area is 138 Å². The van der Waals surface area contributed by atoms with Crippen molar-refractivity contribution in [3.8, 4) is 6.07 Å². The average Bonchev–Trinajstić information content (AvgIpc) is 3.27. The molecule has 0 bridgehead atoms. The summed E-state index contributed by atoms with van der Waals surface area (Å²) in [7, 11) is 0. The first-order valence-electron chi connectivity index (χ1n) is 7.47. The molecule has 1 atom stereocenters. The van der Waals surface area contributed by atoms with Gasteiger partial charge in [0.05, 0.1) is 11.8 Å². The van der Waals surface area contributed by atoms with Gasteiger partial charge in [0.25, 0.3) is 5.78 Å². The van der Waals surface area contributed by atoms with Crippen LogP contribution in [0.4, 0.5) is 0 Å². The van der Waals surface area contributed by atoms with E-state index in [1.54, 1.807) is 11.4 Å². The SMILES string of the molecule is Cc1cc(C)n2nc(SCC(=O)N[C@](C)(C#N)C3CC3)nc2n1. The Bertz CT molecular complexity index is 806. The normalized spacial score (nSPS) is 16.8. The smallest absolute Gasteiger partial charge is 0.253 e. The fourth-order valence-corrected chi connectivity index (χ4v) is 3.16. The fourth-order valence-electron chi connectivity index (χ4n) is 2.55. The van der Waals surface area contributed by atoms with Crippen LogP contribution in [0.15, 0.2) is 11.2 Å².